The summed E-state index contributed by atoms with van der Waals surface area (Å²) >= 11 is 18.4. The molecule has 2 aromatic rings. The highest BCUT2D eigenvalue weighted by molar-refractivity contribution is 6.36. The van der Waals surface area contributed by atoms with E-state index in [9.17, 15) is 4.39 Å². The van der Waals surface area contributed by atoms with Crippen molar-refractivity contribution < 1.29 is 4.39 Å². The van der Waals surface area contributed by atoms with Crippen molar-refractivity contribution in [2.75, 3.05) is 6.54 Å². The van der Waals surface area contributed by atoms with Gasteiger partial charge in [-0.15, -0.1) is 0 Å². The Morgan fingerprint density at radius 3 is 2.05 bits per heavy atom. The van der Waals surface area contributed by atoms with Crippen LogP contribution in [-0.2, 0) is 6.42 Å². The largest absolute Gasteiger partial charge is 0.330 e. The first-order valence-corrected chi connectivity index (χ1v) is 7.24. The molecule has 2 N–H and O–H groups in total. The minimum atomic E-state index is -0.348. The van der Waals surface area contributed by atoms with Crippen molar-refractivity contribution >= 4 is 34.8 Å². The molecule has 0 aliphatic heterocycles. The third-order valence-corrected chi connectivity index (χ3v) is 4.22. The molecule has 0 aliphatic carbocycles. The summed E-state index contributed by atoms with van der Waals surface area (Å²) in [7, 11) is 0. The van der Waals surface area contributed by atoms with E-state index in [2.05, 4.69) is 0 Å². The molecule has 1 nitrogen and oxygen atoms in total. The van der Waals surface area contributed by atoms with Crippen molar-refractivity contribution in [2.45, 2.75) is 12.3 Å². The maximum absolute atomic E-state index is 13.9. The Morgan fingerprint density at radius 2 is 1.50 bits per heavy atom. The van der Waals surface area contributed by atoms with Crippen molar-refractivity contribution in [3.05, 3.63) is 68.4 Å². The van der Waals surface area contributed by atoms with Gasteiger partial charge in [-0.2, -0.15) is 0 Å². The van der Waals surface area contributed by atoms with Crippen LogP contribution < -0.4 is 5.73 Å². The van der Waals surface area contributed by atoms with Crippen molar-refractivity contribution in [3.8, 4) is 0 Å². The average Bonchev–Trinajstić information content (AvgIpc) is 2.40. The van der Waals surface area contributed by atoms with E-state index in [1.165, 1.54) is 6.07 Å². The second-order valence-electron chi connectivity index (χ2n) is 4.47. The monoisotopic (exact) mass is 331 g/mol. The van der Waals surface area contributed by atoms with Gasteiger partial charge in [0, 0.05) is 26.5 Å². The lowest BCUT2D eigenvalue weighted by molar-refractivity contribution is 0.590. The molecule has 0 heterocycles. The maximum Gasteiger partial charge on any atom is 0.127 e. The Morgan fingerprint density at radius 1 is 0.950 bits per heavy atom. The maximum atomic E-state index is 13.9. The van der Waals surface area contributed by atoms with Crippen molar-refractivity contribution in [2.24, 2.45) is 5.73 Å². The van der Waals surface area contributed by atoms with Gasteiger partial charge < -0.3 is 5.73 Å². The molecule has 1 atom stereocenters. The Balaban J connectivity index is 2.39. The van der Waals surface area contributed by atoms with E-state index < -0.39 is 0 Å². The number of halogens is 4. The molecule has 0 saturated carbocycles. The van der Waals surface area contributed by atoms with E-state index in [0.29, 0.717) is 33.6 Å². The number of benzene rings is 2. The topological polar surface area (TPSA) is 26.0 Å². The molecular weight excluding hydrogens is 320 g/mol. The number of hydrogen-bond acceptors (Lipinski definition) is 1. The van der Waals surface area contributed by atoms with Gasteiger partial charge in [0.25, 0.3) is 0 Å². The molecule has 20 heavy (non-hydrogen) atoms. The quantitative estimate of drug-likeness (QED) is 0.831. The van der Waals surface area contributed by atoms with Crippen LogP contribution in [0.3, 0.4) is 0 Å². The second kappa shape index (κ2) is 6.77. The van der Waals surface area contributed by atoms with Crippen LogP contribution in [0.25, 0.3) is 0 Å². The van der Waals surface area contributed by atoms with Crippen LogP contribution in [0.4, 0.5) is 4.39 Å². The van der Waals surface area contributed by atoms with E-state index in [1.807, 2.05) is 0 Å². The van der Waals surface area contributed by atoms with Crippen LogP contribution in [0, 0.1) is 5.82 Å². The summed E-state index contributed by atoms with van der Waals surface area (Å²) in [6.07, 6.45) is 0.353. The van der Waals surface area contributed by atoms with Gasteiger partial charge in [0.1, 0.15) is 5.82 Å². The first-order valence-electron chi connectivity index (χ1n) is 6.11. The lowest BCUT2D eigenvalue weighted by Gasteiger charge is -2.19. The standard InChI is InChI=1S/C15H13Cl3FN/c16-11-3-2-6-14(19)10(11)7-9(8-20)15-12(17)4-1-5-13(15)18/h1-6,9H,7-8,20H2. The van der Waals surface area contributed by atoms with Crippen LogP contribution in [0.2, 0.25) is 15.1 Å². The zero-order chi connectivity index (χ0) is 14.7. The highest BCUT2D eigenvalue weighted by atomic mass is 35.5. The summed E-state index contributed by atoms with van der Waals surface area (Å²) < 4.78 is 13.9. The molecule has 5 heteroatoms. The van der Waals surface area contributed by atoms with Crippen molar-refractivity contribution in [1.82, 2.24) is 0 Å². The van der Waals surface area contributed by atoms with Gasteiger partial charge in [-0.25, -0.2) is 4.39 Å². The van der Waals surface area contributed by atoms with Crippen LogP contribution >= 0.6 is 34.8 Å². The second-order valence-corrected chi connectivity index (χ2v) is 5.69. The van der Waals surface area contributed by atoms with Gasteiger partial charge in [-0.1, -0.05) is 46.9 Å². The third kappa shape index (κ3) is 3.26. The molecule has 1 unspecified atom stereocenters. The molecule has 0 aromatic heterocycles. The molecular formula is C15H13Cl3FN. The zero-order valence-corrected chi connectivity index (χ0v) is 12.8. The van der Waals surface area contributed by atoms with Gasteiger partial charge in [-0.05, 0) is 42.8 Å². The van der Waals surface area contributed by atoms with Gasteiger partial charge in [0.15, 0.2) is 0 Å². The van der Waals surface area contributed by atoms with Gasteiger partial charge in [0.05, 0.1) is 0 Å². The lowest BCUT2D eigenvalue weighted by Crippen LogP contribution is -2.17. The molecule has 2 aromatic carbocycles. The summed E-state index contributed by atoms with van der Waals surface area (Å²) in [5.74, 6) is -0.537. The van der Waals surface area contributed by atoms with Gasteiger partial charge >= 0.3 is 0 Å². The Hall–Kier alpha value is -0.800. The van der Waals surface area contributed by atoms with E-state index in [4.69, 9.17) is 40.5 Å². The Kier molecular flexibility index (Phi) is 5.28. The molecule has 0 saturated heterocycles. The summed E-state index contributed by atoms with van der Waals surface area (Å²) in [6, 6.07) is 9.85. The van der Waals surface area contributed by atoms with Crippen LogP contribution in [0.15, 0.2) is 36.4 Å². The minimum absolute atomic E-state index is 0.189. The number of rotatable bonds is 4. The molecule has 0 fully saturated rings. The molecule has 0 amide bonds. The van der Waals surface area contributed by atoms with Crippen LogP contribution in [0.1, 0.15) is 17.0 Å². The fourth-order valence-corrected chi connectivity index (χ4v) is 3.12. The number of nitrogens with two attached hydrogens (primary N) is 1. The summed E-state index contributed by atoms with van der Waals surface area (Å²) in [6.45, 7) is 0.300. The van der Waals surface area contributed by atoms with E-state index in [0.717, 1.165) is 5.56 Å². The fourth-order valence-electron chi connectivity index (χ4n) is 2.18. The van der Waals surface area contributed by atoms with Crippen LogP contribution in [0.5, 0.6) is 0 Å². The van der Waals surface area contributed by atoms with E-state index >= 15 is 0 Å². The van der Waals surface area contributed by atoms with E-state index in [-0.39, 0.29) is 11.7 Å². The van der Waals surface area contributed by atoms with Crippen LogP contribution in [-0.4, -0.2) is 6.54 Å². The van der Waals surface area contributed by atoms with Gasteiger partial charge in [-0.3, -0.25) is 0 Å². The molecule has 0 spiro atoms. The highest BCUT2D eigenvalue weighted by Crippen LogP contribution is 2.34. The van der Waals surface area contributed by atoms with E-state index in [1.54, 1.807) is 30.3 Å². The summed E-state index contributed by atoms with van der Waals surface area (Å²) in [5.41, 5.74) is 6.97. The lowest BCUT2D eigenvalue weighted by atomic mass is 9.91. The van der Waals surface area contributed by atoms with Crippen molar-refractivity contribution in [3.63, 3.8) is 0 Å². The summed E-state index contributed by atoms with van der Waals surface area (Å²) in [5, 5.41) is 1.44. The predicted molar refractivity (Wildman–Crippen MR) is 83.4 cm³/mol. The highest BCUT2D eigenvalue weighted by Gasteiger charge is 2.20. The normalized spacial score (nSPS) is 12.4. The SMILES string of the molecule is NCC(Cc1c(F)cccc1Cl)c1c(Cl)cccc1Cl. The minimum Gasteiger partial charge on any atom is -0.330 e. The van der Waals surface area contributed by atoms with Gasteiger partial charge in [0.2, 0.25) is 0 Å². The molecule has 0 bridgehead atoms. The first-order chi connectivity index (χ1) is 9.54. The molecule has 0 radical (unpaired) electrons. The fraction of sp³-hybridized carbons (Fsp3) is 0.200. The third-order valence-electron chi connectivity index (χ3n) is 3.20. The average molecular weight is 333 g/mol. The van der Waals surface area contributed by atoms with Crippen molar-refractivity contribution in [1.29, 1.82) is 0 Å². The summed E-state index contributed by atoms with van der Waals surface area (Å²) in [4.78, 5) is 0. The smallest absolute Gasteiger partial charge is 0.127 e. The Labute approximate surface area is 132 Å². The molecule has 2 rings (SSSR count). The Bertz CT molecular complexity index is 576. The zero-order valence-electron chi connectivity index (χ0n) is 10.5. The molecule has 106 valence electrons. The first kappa shape index (κ1) is 15.6. The number of hydrogen-bond donors (Lipinski definition) is 1. The predicted octanol–water partition coefficient (Wildman–Crippen LogP) is 5.07. The molecule has 0 aliphatic rings.